The van der Waals surface area contributed by atoms with Crippen LogP contribution in [0.3, 0.4) is 0 Å². The van der Waals surface area contributed by atoms with Crippen molar-refractivity contribution < 1.29 is 19.1 Å². The lowest BCUT2D eigenvalue weighted by molar-refractivity contribution is -0.138. The van der Waals surface area contributed by atoms with E-state index in [9.17, 15) is 9.59 Å². The summed E-state index contributed by atoms with van der Waals surface area (Å²) in [7, 11) is 0. The first-order valence-electron chi connectivity index (χ1n) is 11.2. The van der Waals surface area contributed by atoms with Crippen molar-refractivity contribution in [2.45, 2.75) is 44.9 Å². The molecule has 1 aliphatic rings. The number of hydrogen-bond acceptors (Lipinski definition) is 7. The van der Waals surface area contributed by atoms with Crippen LogP contribution in [0.25, 0.3) is 0 Å². The van der Waals surface area contributed by atoms with Crippen molar-refractivity contribution in [2.75, 3.05) is 10.6 Å². The lowest BCUT2D eigenvalue weighted by atomic mass is 9.77. The van der Waals surface area contributed by atoms with Gasteiger partial charge in [-0.25, -0.2) is 0 Å². The van der Waals surface area contributed by atoms with Gasteiger partial charge in [0.1, 0.15) is 0 Å². The summed E-state index contributed by atoms with van der Waals surface area (Å²) in [5, 5.41) is 31.3. The summed E-state index contributed by atoms with van der Waals surface area (Å²) in [4.78, 5) is 23.4. The van der Waals surface area contributed by atoms with E-state index in [1.54, 1.807) is 18.2 Å². The van der Waals surface area contributed by atoms with Crippen molar-refractivity contribution in [2.24, 2.45) is 5.92 Å². The maximum atomic E-state index is 12.5. The van der Waals surface area contributed by atoms with Crippen LogP contribution >= 0.6 is 0 Å². The molecule has 1 heterocycles. The molecule has 3 aromatic rings. The molecular formula is C25H25N5O4. The summed E-state index contributed by atoms with van der Waals surface area (Å²) in [6, 6.07) is 15.0. The minimum atomic E-state index is -0.725. The zero-order valence-electron chi connectivity index (χ0n) is 18.7. The number of benzene rings is 2. The van der Waals surface area contributed by atoms with Crippen LogP contribution in [-0.2, 0) is 4.79 Å². The quantitative estimate of drug-likeness (QED) is 0.448. The molecule has 0 spiro atoms. The van der Waals surface area contributed by atoms with E-state index in [4.69, 9.17) is 14.8 Å². The molecule has 9 heteroatoms. The number of hydrogen-bond donors (Lipinski definition) is 3. The predicted octanol–water partition coefficient (Wildman–Crippen LogP) is 4.99. The number of carbonyl (C=O) groups excluding carboxylic acids is 1. The number of aromatic nitrogens is 2. The number of rotatable bonds is 7. The fourth-order valence-corrected chi connectivity index (χ4v) is 4.33. The van der Waals surface area contributed by atoms with E-state index in [1.165, 1.54) is 5.56 Å². The van der Waals surface area contributed by atoms with Gasteiger partial charge in [0.05, 0.1) is 11.6 Å². The van der Waals surface area contributed by atoms with Gasteiger partial charge < -0.3 is 20.2 Å². The number of anilines is 3. The van der Waals surface area contributed by atoms with Crippen LogP contribution in [0, 0.1) is 24.2 Å². The number of nitriles is 1. The number of carboxylic acids is 1. The summed E-state index contributed by atoms with van der Waals surface area (Å²) in [6.07, 6.45) is 4.04. The number of aliphatic carboxylic acids is 1. The second-order valence-electron chi connectivity index (χ2n) is 8.57. The van der Waals surface area contributed by atoms with Gasteiger partial charge in [-0.05, 0) is 85.9 Å². The zero-order valence-corrected chi connectivity index (χ0v) is 18.7. The standard InChI is InChI=1S/C25H25N5O4/c1-15-12-21(11-8-19(15)14-26)28-25-30-29-24(34-25)23(33)27-20-9-6-18(7-10-20)17-4-2-16(3-5-17)13-22(31)32/h6-12,16-17H,2-5,13H2,1H3,(H,27,33)(H,28,30)(H,31,32). The summed E-state index contributed by atoms with van der Waals surface area (Å²) >= 11 is 0. The van der Waals surface area contributed by atoms with Crippen LogP contribution in [-0.4, -0.2) is 27.2 Å². The van der Waals surface area contributed by atoms with Crippen molar-refractivity contribution in [1.82, 2.24) is 10.2 Å². The van der Waals surface area contributed by atoms with Gasteiger partial charge in [0.2, 0.25) is 0 Å². The average molecular weight is 460 g/mol. The van der Waals surface area contributed by atoms with E-state index in [0.717, 1.165) is 31.2 Å². The number of nitrogens with one attached hydrogen (secondary N) is 2. The highest BCUT2D eigenvalue weighted by molar-refractivity contribution is 6.00. The van der Waals surface area contributed by atoms with E-state index in [2.05, 4.69) is 26.9 Å². The maximum absolute atomic E-state index is 12.5. The SMILES string of the molecule is Cc1cc(Nc2nnc(C(=O)Nc3ccc(C4CCC(CC(=O)O)CC4)cc3)o2)ccc1C#N. The highest BCUT2D eigenvalue weighted by Gasteiger charge is 2.24. The monoisotopic (exact) mass is 459 g/mol. The first kappa shape index (κ1) is 23.0. The molecule has 4 rings (SSSR count). The van der Waals surface area contributed by atoms with Gasteiger partial charge in [-0.15, -0.1) is 5.10 Å². The number of nitrogens with zero attached hydrogens (tertiary/aromatic N) is 3. The molecule has 0 saturated heterocycles. The second-order valence-corrected chi connectivity index (χ2v) is 8.57. The Hall–Kier alpha value is -4.19. The van der Waals surface area contributed by atoms with Crippen LogP contribution < -0.4 is 10.6 Å². The predicted molar refractivity (Wildman–Crippen MR) is 125 cm³/mol. The van der Waals surface area contributed by atoms with Crippen LogP contribution in [0.1, 0.15) is 65.4 Å². The first-order chi connectivity index (χ1) is 16.4. The Bertz CT molecular complexity index is 1220. The molecule has 2 aromatic carbocycles. The van der Waals surface area contributed by atoms with E-state index < -0.39 is 11.9 Å². The molecule has 1 amide bonds. The molecular weight excluding hydrogens is 434 g/mol. The molecule has 0 bridgehead atoms. The Balaban J connectivity index is 1.32. The lowest BCUT2D eigenvalue weighted by Gasteiger charge is -2.28. The van der Waals surface area contributed by atoms with Gasteiger partial charge in [-0.1, -0.05) is 17.2 Å². The fourth-order valence-electron chi connectivity index (χ4n) is 4.33. The van der Waals surface area contributed by atoms with E-state index in [-0.39, 0.29) is 24.2 Å². The Morgan fingerprint density at radius 1 is 1.09 bits per heavy atom. The Morgan fingerprint density at radius 2 is 1.79 bits per heavy atom. The molecule has 0 radical (unpaired) electrons. The van der Waals surface area contributed by atoms with Crippen molar-refractivity contribution in [3.05, 3.63) is 65.0 Å². The van der Waals surface area contributed by atoms with Gasteiger partial charge >= 0.3 is 23.8 Å². The second kappa shape index (κ2) is 10.2. The van der Waals surface area contributed by atoms with Gasteiger partial charge in [0.15, 0.2) is 0 Å². The minimum Gasteiger partial charge on any atom is -0.481 e. The van der Waals surface area contributed by atoms with Crippen molar-refractivity contribution in [3.63, 3.8) is 0 Å². The van der Waals surface area contributed by atoms with Gasteiger partial charge in [-0.3, -0.25) is 9.59 Å². The Morgan fingerprint density at radius 3 is 2.44 bits per heavy atom. The van der Waals surface area contributed by atoms with E-state index in [0.29, 0.717) is 22.9 Å². The summed E-state index contributed by atoms with van der Waals surface area (Å²) < 4.78 is 5.42. The number of amides is 1. The molecule has 3 N–H and O–H groups in total. The van der Waals surface area contributed by atoms with Crippen molar-refractivity contribution >= 4 is 29.3 Å². The molecule has 0 unspecified atom stereocenters. The third-order valence-electron chi connectivity index (χ3n) is 6.17. The van der Waals surface area contributed by atoms with Crippen molar-refractivity contribution in [3.8, 4) is 6.07 Å². The lowest BCUT2D eigenvalue weighted by Crippen LogP contribution is -2.16. The van der Waals surface area contributed by atoms with E-state index >= 15 is 0 Å². The summed E-state index contributed by atoms with van der Waals surface area (Å²) in [6.45, 7) is 1.83. The van der Waals surface area contributed by atoms with E-state index in [1.807, 2.05) is 31.2 Å². The molecule has 174 valence electrons. The normalized spacial score (nSPS) is 17.5. The number of carboxylic acid groups (broad SMARTS) is 1. The summed E-state index contributed by atoms with van der Waals surface area (Å²) in [5.41, 5.74) is 3.85. The molecule has 0 aliphatic heterocycles. The summed E-state index contributed by atoms with van der Waals surface area (Å²) in [5.74, 6) is -0.739. The Labute approximate surface area is 196 Å². The number of aryl methyl sites for hydroxylation is 1. The van der Waals surface area contributed by atoms with Crippen LogP contribution in [0.2, 0.25) is 0 Å². The molecule has 34 heavy (non-hydrogen) atoms. The molecule has 9 nitrogen and oxygen atoms in total. The minimum absolute atomic E-state index is 0.0723. The molecule has 1 aromatic heterocycles. The van der Waals surface area contributed by atoms with Crippen LogP contribution in [0.5, 0.6) is 0 Å². The van der Waals surface area contributed by atoms with Crippen LogP contribution in [0.4, 0.5) is 17.4 Å². The molecule has 1 aliphatic carbocycles. The number of carbonyl (C=O) groups is 2. The third kappa shape index (κ3) is 5.59. The topological polar surface area (TPSA) is 141 Å². The van der Waals surface area contributed by atoms with Gasteiger partial charge in [0.25, 0.3) is 0 Å². The maximum Gasteiger partial charge on any atom is 0.320 e. The largest absolute Gasteiger partial charge is 0.481 e. The third-order valence-corrected chi connectivity index (χ3v) is 6.17. The van der Waals surface area contributed by atoms with Gasteiger partial charge in [-0.2, -0.15) is 5.26 Å². The first-order valence-corrected chi connectivity index (χ1v) is 11.2. The smallest absolute Gasteiger partial charge is 0.320 e. The van der Waals surface area contributed by atoms with Crippen LogP contribution in [0.15, 0.2) is 46.9 Å². The van der Waals surface area contributed by atoms with Gasteiger partial charge in [0, 0.05) is 17.8 Å². The molecule has 1 saturated carbocycles. The highest BCUT2D eigenvalue weighted by atomic mass is 16.4. The fraction of sp³-hybridized carbons (Fsp3) is 0.320. The molecule has 1 fully saturated rings. The highest BCUT2D eigenvalue weighted by Crippen LogP contribution is 2.37. The van der Waals surface area contributed by atoms with Crippen molar-refractivity contribution in [1.29, 1.82) is 5.26 Å². The average Bonchev–Trinajstić information content (AvgIpc) is 3.29. The molecule has 0 atom stereocenters. The zero-order chi connectivity index (χ0) is 24.1. The Kier molecular flexibility index (Phi) is 6.87.